The number of aryl methyl sites for hydroxylation is 1. The van der Waals surface area contributed by atoms with E-state index >= 15 is 0 Å². The summed E-state index contributed by atoms with van der Waals surface area (Å²) >= 11 is 0. The maximum absolute atomic E-state index is 11.8. The van der Waals surface area contributed by atoms with Crippen LogP contribution in [-0.4, -0.2) is 10.7 Å². The number of nitriles is 1. The Bertz CT molecular complexity index is 488. The van der Waals surface area contributed by atoms with E-state index in [1.54, 1.807) is 19.1 Å². The molecule has 0 saturated heterocycles. The van der Waals surface area contributed by atoms with Gasteiger partial charge in [0.05, 0.1) is 16.6 Å². The van der Waals surface area contributed by atoms with E-state index in [-0.39, 0.29) is 11.3 Å². The maximum atomic E-state index is 11.8. The second-order valence-electron chi connectivity index (χ2n) is 3.44. The zero-order chi connectivity index (χ0) is 12.3. The second-order valence-corrected chi connectivity index (χ2v) is 3.44. The van der Waals surface area contributed by atoms with Gasteiger partial charge < -0.3 is 0 Å². The summed E-state index contributed by atoms with van der Waals surface area (Å²) in [6.45, 7) is 3.04. The Morgan fingerprint density at radius 1 is 1.56 bits per heavy atom. The van der Waals surface area contributed by atoms with Crippen LogP contribution in [0.4, 0.5) is 5.69 Å². The van der Waals surface area contributed by atoms with E-state index in [9.17, 15) is 14.9 Å². The molecule has 5 nitrogen and oxygen atoms in total. The first-order valence-electron chi connectivity index (χ1n) is 4.67. The molecule has 0 fully saturated rings. The molecule has 0 heterocycles. The fourth-order valence-corrected chi connectivity index (χ4v) is 1.40. The van der Waals surface area contributed by atoms with Crippen molar-refractivity contribution in [2.24, 2.45) is 5.92 Å². The molecule has 0 radical (unpaired) electrons. The van der Waals surface area contributed by atoms with Gasteiger partial charge in [0.2, 0.25) is 0 Å². The van der Waals surface area contributed by atoms with Gasteiger partial charge in [0.15, 0.2) is 5.78 Å². The SMILES string of the molecule is Cc1cccc([N+](=O)[O-])c1C(=O)C(C)C#N. The number of nitro benzene ring substituents is 1. The molecule has 0 N–H and O–H groups in total. The molecule has 1 unspecified atom stereocenters. The van der Waals surface area contributed by atoms with Gasteiger partial charge in [-0.15, -0.1) is 0 Å². The minimum atomic E-state index is -0.875. The van der Waals surface area contributed by atoms with Crippen LogP contribution in [-0.2, 0) is 0 Å². The van der Waals surface area contributed by atoms with Crippen molar-refractivity contribution in [1.29, 1.82) is 5.26 Å². The highest BCUT2D eigenvalue weighted by molar-refractivity contribution is 6.03. The quantitative estimate of drug-likeness (QED) is 0.442. The van der Waals surface area contributed by atoms with Gasteiger partial charge in [0, 0.05) is 6.07 Å². The van der Waals surface area contributed by atoms with E-state index in [2.05, 4.69) is 0 Å². The molecule has 0 aliphatic heterocycles. The van der Waals surface area contributed by atoms with Crippen molar-refractivity contribution in [3.05, 3.63) is 39.4 Å². The fourth-order valence-electron chi connectivity index (χ4n) is 1.40. The Kier molecular flexibility index (Phi) is 3.36. The molecule has 1 aromatic carbocycles. The molecule has 0 bridgehead atoms. The number of hydrogen-bond acceptors (Lipinski definition) is 4. The van der Waals surface area contributed by atoms with Gasteiger partial charge in [-0.2, -0.15) is 5.26 Å². The topological polar surface area (TPSA) is 84.0 Å². The van der Waals surface area contributed by atoms with Gasteiger partial charge in [-0.3, -0.25) is 14.9 Å². The van der Waals surface area contributed by atoms with E-state index in [4.69, 9.17) is 5.26 Å². The van der Waals surface area contributed by atoms with Crippen LogP contribution >= 0.6 is 0 Å². The van der Waals surface area contributed by atoms with Crippen molar-refractivity contribution in [2.75, 3.05) is 0 Å². The Morgan fingerprint density at radius 2 is 2.19 bits per heavy atom. The molecule has 0 amide bonds. The third kappa shape index (κ3) is 2.06. The minimum Gasteiger partial charge on any atom is -0.292 e. The van der Waals surface area contributed by atoms with Crippen molar-refractivity contribution >= 4 is 11.5 Å². The van der Waals surface area contributed by atoms with E-state index in [0.717, 1.165) is 0 Å². The number of carbonyl (C=O) groups is 1. The summed E-state index contributed by atoms with van der Waals surface area (Å²) in [6.07, 6.45) is 0. The summed E-state index contributed by atoms with van der Waals surface area (Å²) in [5.41, 5.74) is 0.301. The summed E-state index contributed by atoms with van der Waals surface area (Å²) in [7, 11) is 0. The zero-order valence-electron chi connectivity index (χ0n) is 8.93. The van der Waals surface area contributed by atoms with Crippen LogP contribution in [0.15, 0.2) is 18.2 Å². The molecule has 0 aliphatic rings. The number of hydrogen-bond donors (Lipinski definition) is 0. The summed E-state index contributed by atoms with van der Waals surface area (Å²) in [5, 5.41) is 19.4. The van der Waals surface area contributed by atoms with Crippen molar-refractivity contribution < 1.29 is 9.72 Å². The molecule has 1 rings (SSSR count). The van der Waals surface area contributed by atoms with Gasteiger partial charge in [0.1, 0.15) is 5.92 Å². The Balaban J connectivity index is 3.38. The first kappa shape index (κ1) is 11.9. The second kappa shape index (κ2) is 4.53. The molecule has 0 aliphatic carbocycles. The largest absolute Gasteiger partial charge is 0.292 e. The lowest BCUT2D eigenvalue weighted by Gasteiger charge is -2.06. The lowest BCUT2D eigenvalue weighted by Crippen LogP contribution is -2.13. The van der Waals surface area contributed by atoms with Crippen molar-refractivity contribution in [2.45, 2.75) is 13.8 Å². The average Bonchev–Trinajstić information content (AvgIpc) is 2.26. The lowest BCUT2D eigenvalue weighted by atomic mass is 9.95. The number of nitro groups is 1. The van der Waals surface area contributed by atoms with E-state index in [0.29, 0.717) is 5.56 Å². The first-order chi connectivity index (χ1) is 7.49. The van der Waals surface area contributed by atoms with Crippen LogP contribution in [0, 0.1) is 34.3 Å². The molecule has 1 atom stereocenters. The third-order valence-corrected chi connectivity index (χ3v) is 2.28. The van der Waals surface area contributed by atoms with Gasteiger partial charge in [-0.25, -0.2) is 0 Å². The number of nitrogens with zero attached hydrogens (tertiary/aromatic N) is 2. The number of ketones is 1. The monoisotopic (exact) mass is 218 g/mol. The number of carbonyl (C=O) groups excluding carboxylic acids is 1. The van der Waals surface area contributed by atoms with Crippen LogP contribution in [0.1, 0.15) is 22.8 Å². The summed E-state index contributed by atoms with van der Waals surface area (Å²) in [5.74, 6) is -1.38. The highest BCUT2D eigenvalue weighted by Gasteiger charge is 2.25. The van der Waals surface area contributed by atoms with Crippen molar-refractivity contribution in [3.8, 4) is 6.07 Å². The van der Waals surface area contributed by atoms with Gasteiger partial charge >= 0.3 is 0 Å². The molecular formula is C11H10N2O3. The first-order valence-corrected chi connectivity index (χ1v) is 4.67. The van der Waals surface area contributed by atoms with Crippen LogP contribution in [0.3, 0.4) is 0 Å². The maximum Gasteiger partial charge on any atom is 0.280 e. The highest BCUT2D eigenvalue weighted by atomic mass is 16.6. The van der Waals surface area contributed by atoms with Crippen LogP contribution < -0.4 is 0 Å². The predicted octanol–water partition coefficient (Wildman–Crippen LogP) is 2.25. The normalized spacial score (nSPS) is 11.6. The zero-order valence-corrected chi connectivity index (χ0v) is 8.93. The average molecular weight is 218 g/mol. The van der Waals surface area contributed by atoms with Gasteiger partial charge in [-0.1, -0.05) is 12.1 Å². The summed E-state index contributed by atoms with van der Waals surface area (Å²) < 4.78 is 0. The van der Waals surface area contributed by atoms with Crippen molar-refractivity contribution in [3.63, 3.8) is 0 Å². The van der Waals surface area contributed by atoms with Gasteiger partial charge in [-0.05, 0) is 19.4 Å². The number of Topliss-reactive ketones (excluding diaryl/α,β-unsaturated/α-hetero) is 1. The smallest absolute Gasteiger partial charge is 0.280 e. The fraction of sp³-hybridized carbons (Fsp3) is 0.273. The Hall–Kier alpha value is -2.22. The molecule has 1 aromatic rings. The van der Waals surface area contributed by atoms with Crippen molar-refractivity contribution in [1.82, 2.24) is 0 Å². The molecule has 0 saturated carbocycles. The standard InChI is InChI=1S/C11H10N2O3/c1-7-4-3-5-9(13(15)16)10(7)11(14)8(2)6-12/h3-5,8H,1-2H3. The van der Waals surface area contributed by atoms with E-state index < -0.39 is 16.6 Å². The number of rotatable bonds is 3. The minimum absolute atomic E-state index is 0.0292. The lowest BCUT2D eigenvalue weighted by molar-refractivity contribution is -0.385. The molecule has 5 heteroatoms. The van der Waals surface area contributed by atoms with Crippen LogP contribution in [0.2, 0.25) is 0 Å². The summed E-state index contributed by atoms with van der Waals surface area (Å²) in [6, 6.07) is 6.18. The highest BCUT2D eigenvalue weighted by Crippen LogP contribution is 2.24. The van der Waals surface area contributed by atoms with E-state index in [1.807, 2.05) is 0 Å². The van der Waals surface area contributed by atoms with E-state index in [1.165, 1.54) is 19.1 Å². The third-order valence-electron chi connectivity index (χ3n) is 2.28. The molecule has 0 spiro atoms. The van der Waals surface area contributed by atoms with Crippen LogP contribution in [0.25, 0.3) is 0 Å². The molecule has 16 heavy (non-hydrogen) atoms. The number of benzene rings is 1. The predicted molar refractivity (Wildman–Crippen MR) is 56.9 cm³/mol. The van der Waals surface area contributed by atoms with Gasteiger partial charge in [0.25, 0.3) is 5.69 Å². The summed E-state index contributed by atoms with van der Waals surface area (Å²) in [4.78, 5) is 21.9. The Morgan fingerprint density at radius 3 is 2.69 bits per heavy atom. The molecular weight excluding hydrogens is 208 g/mol. The molecule has 82 valence electrons. The molecule has 0 aromatic heterocycles. The Labute approximate surface area is 92.5 Å². The van der Waals surface area contributed by atoms with Crippen LogP contribution in [0.5, 0.6) is 0 Å².